The number of benzene rings is 1. The van der Waals surface area contributed by atoms with Crippen LogP contribution >= 0.6 is 0 Å². The summed E-state index contributed by atoms with van der Waals surface area (Å²) in [5.41, 5.74) is 3.64. The minimum atomic E-state index is -0.150. The van der Waals surface area contributed by atoms with E-state index in [1.807, 2.05) is 20.0 Å². The number of hydrogen-bond donors (Lipinski definition) is 1. The molecule has 1 aliphatic rings. The standard InChI is InChI=1S/C17H24FN/c1-13-10-17(18)9-8-15(13)11-16(12-19-2)14-6-4-3-5-7-14/h8-11,14,19H,3-7,12H2,1-2H3. The van der Waals surface area contributed by atoms with E-state index in [1.54, 1.807) is 12.1 Å². The third-order valence-electron chi connectivity index (χ3n) is 4.08. The van der Waals surface area contributed by atoms with E-state index in [0.717, 1.165) is 17.7 Å². The van der Waals surface area contributed by atoms with Crippen LogP contribution in [0.5, 0.6) is 0 Å². The smallest absolute Gasteiger partial charge is 0.123 e. The van der Waals surface area contributed by atoms with Crippen LogP contribution in [0.25, 0.3) is 6.08 Å². The van der Waals surface area contributed by atoms with Crippen molar-refractivity contribution in [1.82, 2.24) is 5.32 Å². The van der Waals surface area contributed by atoms with Crippen LogP contribution in [0, 0.1) is 18.7 Å². The van der Waals surface area contributed by atoms with E-state index in [2.05, 4.69) is 11.4 Å². The van der Waals surface area contributed by atoms with Gasteiger partial charge in [0.1, 0.15) is 5.82 Å². The summed E-state index contributed by atoms with van der Waals surface area (Å²) in [5, 5.41) is 3.27. The van der Waals surface area contributed by atoms with Crippen LogP contribution < -0.4 is 5.32 Å². The van der Waals surface area contributed by atoms with Crippen LogP contribution in [0.3, 0.4) is 0 Å². The van der Waals surface area contributed by atoms with Crippen molar-refractivity contribution in [2.24, 2.45) is 5.92 Å². The van der Waals surface area contributed by atoms with E-state index in [9.17, 15) is 4.39 Å². The predicted octanol–water partition coefficient (Wildman–Crippen LogP) is 4.32. The minimum Gasteiger partial charge on any atom is -0.316 e. The largest absolute Gasteiger partial charge is 0.316 e. The first-order chi connectivity index (χ1) is 9.20. The third kappa shape index (κ3) is 3.90. The Kier molecular flexibility index (Phi) is 5.15. The molecule has 104 valence electrons. The van der Waals surface area contributed by atoms with E-state index in [-0.39, 0.29) is 5.82 Å². The molecule has 0 radical (unpaired) electrons. The Labute approximate surface area is 115 Å². The normalized spacial score (nSPS) is 17.7. The van der Waals surface area contributed by atoms with Gasteiger partial charge >= 0.3 is 0 Å². The lowest BCUT2D eigenvalue weighted by Gasteiger charge is -2.25. The first-order valence-electron chi connectivity index (χ1n) is 7.32. The van der Waals surface area contributed by atoms with Crippen molar-refractivity contribution in [3.8, 4) is 0 Å². The fourth-order valence-corrected chi connectivity index (χ4v) is 2.99. The summed E-state index contributed by atoms with van der Waals surface area (Å²) in [4.78, 5) is 0. The number of aryl methyl sites for hydroxylation is 1. The Morgan fingerprint density at radius 1 is 1.32 bits per heavy atom. The van der Waals surface area contributed by atoms with Crippen molar-refractivity contribution in [2.75, 3.05) is 13.6 Å². The van der Waals surface area contributed by atoms with Gasteiger partial charge in [0.2, 0.25) is 0 Å². The van der Waals surface area contributed by atoms with Gasteiger partial charge in [0, 0.05) is 6.54 Å². The van der Waals surface area contributed by atoms with E-state index < -0.39 is 0 Å². The van der Waals surface area contributed by atoms with Gasteiger partial charge in [-0.2, -0.15) is 0 Å². The molecule has 0 unspecified atom stereocenters. The lowest BCUT2D eigenvalue weighted by molar-refractivity contribution is 0.398. The van der Waals surface area contributed by atoms with E-state index in [4.69, 9.17) is 0 Å². The SMILES string of the molecule is CNCC(=Cc1ccc(F)cc1C)C1CCCCC1. The zero-order valence-corrected chi connectivity index (χ0v) is 12.0. The third-order valence-corrected chi connectivity index (χ3v) is 4.08. The molecule has 0 atom stereocenters. The van der Waals surface area contributed by atoms with Crippen molar-refractivity contribution in [1.29, 1.82) is 0 Å². The molecule has 2 heteroatoms. The highest BCUT2D eigenvalue weighted by atomic mass is 19.1. The molecule has 1 aliphatic carbocycles. The molecule has 1 saturated carbocycles. The van der Waals surface area contributed by atoms with Gasteiger partial charge in [-0.05, 0) is 56.0 Å². The highest BCUT2D eigenvalue weighted by Crippen LogP contribution is 2.31. The Hall–Kier alpha value is -1.15. The number of hydrogen-bond acceptors (Lipinski definition) is 1. The fourth-order valence-electron chi connectivity index (χ4n) is 2.99. The molecule has 1 N–H and O–H groups in total. The van der Waals surface area contributed by atoms with Gasteiger partial charge in [-0.25, -0.2) is 4.39 Å². The second kappa shape index (κ2) is 6.85. The predicted molar refractivity (Wildman–Crippen MR) is 79.6 cm³/mol. The van der Waals surface area contributed by atoms with Crippen LogP contribution in [-0.4, -0.2) is 13.6 Å². The zero-order chi connectivity index (χ0) is 13.7. The molecule has 1 aromatic rings. The lowest BCUT2D eigenvalue weighted by atomic mass is 9.82. The second-order valence-electron chi connectivity index (χ2n) is 5.59. The van der Waals surface area contributed by atoms with Crippen LogP contribution in [-0.2, 0) is 0 Å². The van der Waals surface area contributed by atoms with E-state index in [1.165, 1.54) is 37.7 Å². The maximum absolute atomic E-state index is 13.2. The highest BCUT2D eigenvalue weighted by molar-refractivity contribution is 5.57. The lowest BCUT2D eigenvalue weighted by Crippen LogP contribution is -2.19. The molecule has 0 saturated heterocycles. The second-order valence-corrected chi connectivity index (χ2v) is 5.59. The van der Waals surface area contributed by atoms with Gasteiger partial charge < -0.3 is 5.32 Å². The first kappa shape index (κ1) is 14.3. The maximum Gasteiger partial charge on any atom is 0.123 e. The number of nitrogens with one attached hydrogen (secondary N) is 1. The van der Waals surface area contributed by atoms with Crippen molar-refractivity contribution >= 4 is 6.08 Å². The molecule has 0 amide bonds. The summed E-state index contributed by atoms with van der Waals surface area (Å²) in [6.07, 6.45) is 8.92. The van der Waals surface area contributed by atoms with Gasteiger partial charge in [0.15, 0.2) is 0 Å². The molecule has 1 nitrogen and oxygen atoms in total. The average Bonchev–Trinajstić information content (AvgIpc) is 2.42. The minimum absolute atomic E-state index is 0.150. The van der Waals surface area contributed by atoms with E-state index >= 15 is 0 Å². The van der Waals surface area contributed by atoms with Gasteiger partial charge in [-0.3, -0.25) is 0 Å². The van der Waals surface area contributed by atoms with Crippen molar-refractivity contribution in [3.63, 3.8) is 0 Å². The monoisotopic (exact) mass is 261 g/mol. The molecule has 2 rings (SSSR count). The van der Waals surface area contributed by atoms with Crippen molar-refractivity contribution < 1.29 is 4.39 Å². The number of likely N-dealkylation sites (N-methyl/N-ethyl adjacent to an activating group) is 1. The van der Waals surface area contributed by atoms with E-state index in [0.29, 0.717) is 5.92 Å². The quantitative estimate of drug-likeness (QED) is 0.851. The molecule has 0 aliphatic heterocycles. The molecule has 1 aromatic carbocycles. The molecular formula is C17H24FN. The Morgan fingerprint density at radius 2 is 2.05 bits per heavy atom. The fraction of sp³-hybridized carbons (Fsp3) is 0.529. The summed E-state index contributed by atoms with van der Waals surface area (Å²) in [7, 11) is 1.99. The zero-order valence-electron chi connectivity index (χ0n) is 12.0. The van der Waals surface area contributed by atoms with Crippen LogP contribution in [0.1, 0.15) is 43.2 Å². The molecule has 0 spiro atoms. The first-order valence-corrected chi connectivity index (χ1v) is 7.32. The van der Waals surface area contributed by atoms with Gasteiger partial charge in [0.05, 0.1) is 0 Å². The van der Waals surface area contributed by atoms with Gasteiger partial charge in [-0.1, -0.05) is 37.0 Å². The molecule has 0 aromatic heterocycles. The summed E-state index contributed by atoms with van der Waals surface area (Å²) in [6, 6.07) is 5.06. The maximum atomic E-state index is 13.2. The van der Waals surface area contributed by atoms with Gasteiger partial charge in [0.25, 0.3) is 0 Å². The Balaban J connectivity index is 2.23. The molecule has 19 heavy (non-hydrogen) atoms. The average molecular weight is 261 g/mol. The van der Waals surface area contributed by atoms with Crippen molar-refractivity contribution in [2.45, 2.75) is 39.0 Å². The topological polar surface area (TPSA) is 12.0 Å². The molecule has 0 bridgehead atoms. The van der Waals surface area contributed by atoms with Crippen LogP contribution in [0.15, 0.2) is 23.8 Å². The van der Waals surface area contributed by atoms with Gasteiger partial charge in [-0.15, -0.1) is 0 Å². The number of halogens is 1. The summed E-state index contributed by atoms with van der Waals surface area (Å²) in [5.74, 6) is 0.549. The Morgan fingerprint density at radius 3 is 2.68 bits per heavy atom. The van der Waals surface area contributed by atoms with Crippen LogP contribution in [0.2, 0.25) is 0 Å². The van der Waals surface area contributed by atoms with Crippen LogP contribution in [0.4, 0.5) is 4.39 Å². The van der Waals surface area contributed by atoms with Crippen molar-refractivity contribution in [3.05, 3.63) is 40.7 Å². The highest BCUT2D eigenvalue weighted by Gasteiger charge is 2.17. The molecule has 1 fully saturated rings. The Bertz CT molecular complexity index is 445. The summed E-state index contributed by atoms with van der Waals surface area (Å²) < 4.78 is 13.2. The number of rotatable bonds is 4. The summed E-state index contributed by atoms with van der Waals surface area (Å²) in [6.45, 7) is 2.91. The molecular weight excluding hydrogens is 237 g/mol. The molecule has 0 heterocycles. The summed E-state index contributed by atoms with van der Waals surface area (Å²) >= 11 is 0.